The molecule has 0 aliphatic heterocycles. The number of aliphatic carboxylic acids is 1. The number of fused-ring (bicyclic) bond motifs is 1. The molecule has 0 radical (unpaired) electrons. The van der Waals surface area contributed by atoms with Crippen LogP contribution < -0.4 is 5.32 Å². The van der Waals surface area contributed by atoms with E-state index in [0.29, 0.717) is 19.3 Å². The van der Waals surface area contributed by atoms with Crippen LogP contribution >= 0.6 is 11.3 Å². The number of carbonyl (C=O) groups excluding carboxylic acids is 1. The van der Waals surface area contributed by atoms with Crippen LogP contribution in [0.5, 0.6) is 0 Å². The van der Waals surface area contributed by atoms with Gasteiger partial charge in [-0.25, -0.2) is 9.78 Å². The second-order valence-electron chi connectivity index (χ2n) is 6.44. The van der Waals surface area contributed by atoms with E-state index in [1.807, 2.05) is 30.3 Å². The fraction of sp³-hybridized carbons (Fsp3) is 0.350. The lowest BCUT2D eigenvalue weighted by Crippen LogP contribution is -2.45. The van der Waals surface area contributed by atoms with Crippen LogP contribution in [0.25, 0.3) is 10.2 Å². The van der Waals surface area contributed by atoms with Crippen LogP contribution in [0.15, 0.2) is 49.1 Å². The first-order valence-corrected chi connectivity index (χ1v) is 9.56. The number of hydrogen-bond donors (Lipinski definition) is 2. The molecule has 1 amide bonds. The molecule has 1 heterocycles. The Morgan fingerprint density at radius 3 is 2.85 bits per heavy atom. The molecule has 2 N–H and O–H groups in total. The van der Waals surface area contributed by atoms with E-state index >= 15 is 0 Å². The molecule has 0 saturated carbocycles. The number of rotatable bonds is 7. The van der Waals surface area contributed by atoms with Gasteiger partial charge in [0.1, 0.15) is 6.04 Å². The molecule has 6 heteroatoms. The number of amides is 1. The van der Waals surface area contributed by atoms with Crippen LogP contribution in [-0.2, 0) is 9.59 Å². The minimum Gasteiger partial charge on any atom is -0.480 e. The summed E-state index contributed by atoms with van der Waals surface area (Å²) in [6.07, 6.45) is 7.96. The van der Waals surface area contributed by atoms with Crippen LogP contribution in [0, 0.1) is 5.92 Å². The quantitative estimate of drug-likeness (QED) is 0.725. The molecule has 136 valence electrons. The normalized spacial score (nSPS) is 20.6. The van der Waals surface area contributed by atoms with Gasteiger partial charge >= 0.3 is 5.97 Å². The highest BCUT2D eigenvalue weighted by Crippen LogP contribution is 2.38. The molecule has 0 saturated heterocycles. The fourth-order valence-electron chi connectivity index (χ4n) is 3.25. The van der Waals surface area contributed by atoms with Gasteiger partial charge in [-0.2, -0.15) is 0 Å². The third-order valence-electron chi connectivity index (χ3n) is 4.67. The molecule has 2 aromatic rings. The molecule has 1 aromatic heterocycles. The van der Waals surface area contributed by atoms with Gasteiger partial charge in [-0.15, -0.1) is 17.9 Å². The maximum atomic E-state index is 12.8. The summed E-state index contributed by atoms with van der Waals surface area (Å²) >= 11 is 1.61. The first kappa shape index (κ1) is 18.3. The third-order valence-corrected chi connectivity index (χ3v) is 5.84. The molecule has 3 rings (SSSR count). The molecule has 1 aliphatic rings. The zero-order valence-corrected chi connectivity index (χ0v) is 15.2. The SMILES string of the molecule is C=CCCC(NC(=O)C1CC=CCC1c1nc2ccccc2s1)C(=O)O. The van der Waals surface area contributed by atoms with E-state index in [1.54, 1.807) is 17.4 Å². The van der Waals surface area contributed by atoms with E-state index in [0.717, 1.165) is 21.6 Å². The third kappa shape index (κ3) is 4.02. The van der Waals surface area contributed by atoms with Crippen LogP contribution in [0.1, 0.15) is 36.6 Å². The van der Waals surface area contributed by atoms with E-state index in [1.165, 1.54) is 0 Å². The lowest BCUT2D eigenvalue weighted by molar-refractivity contribution is -0.142. The van der Waals surface area contributed by atoms with Crippen molar-refractivity contribution >= 4 is 33.4 Å². The summed E-state index contributed by atoms with van der Waals surface area (Å²) in [7, 11) is 0. The van der Waals surface area contributed by atoms with Crippen molar-refractivity contribution in [1.82, 2.24) is 10.3 Å². The van der Waals surface area contributed by atoms with Crippen LogP contribution in [0.3, 0.4) is 0 Å². The lowest BCUT2D eigenvalue weighted by atomic mass is 9.82. The minimum absolute atomic E-state index is 0.0220. The zero-order chi connectivity index (χ0) is 18.5. The van der Waals surface area contributed by atoms with E-state index < -0.39 is 12.0 Å². The molecule has 5 nitrogen and oxygen atoms in total. The molecule has 26 heavy (non-hydrogen) atoms. The smallest absolute Gasteiger partial charge is 0.326 e. The zero-order valence-electron chi connectivity index (χ0n) is 14.4. The van der Waals surface area contributed by atoms with Crippen molar-refractivity contribution in [3.8, 4) is 0 Å². The van der Waals surface area contributed by atoms with Crippen molar-refractivity contribution in [2.75, 3.05) is 0 Å². The molecule has 0 spiro atoms. The summed E-state index contributed by atoms with van der Waals surface area (Å²) in [5.41, 5.74) is 0.940. The number of benzene rings is 1. The first-order valence-electron chi connectivity index (χ1n) is 8.74. The predicted octanol–water partition coefficient (Wildman–Crippen LogP) is 3.88. The Balaban J connectivity index is 1.79. The van der Waals surface area contributed by atoms with Crippen LogP contribution in [-0.4, -0.2) is 28.0 Å². The van der Waals surface area contributed by atoms with Gasteiger partial charge in [-0.1, -0.05) is 30.4 Å². The van der Waals surface area contributed by atoms with E-state index in [-0.39, 0.29) is 17.7 Å². The van der Waals surface area contributed by atoms with Gasteiger partial charge in [-0.3, -0.25) is 4.79 Å². The summed E-state index contributed by atoms with van der Waals surface area (Å²) in [6, 6.07) is 7.04. The summed E-state index contributed by atoms with van der Waals surface area (Å²) in [6.45, 7) is 3.61. The second kappa shape index (κ2) is 8.27. The highest BCUT2D eigenvalue weighted by atomic mass is 32.1. The van der Waals surface area contributed by atoms with Crippen molar-refractivity contribution < 1.29 is 14.7 Å². The molecule has 1 aromatic carbocycles. The number of aromatic nitrogens is 1. The van der Waals surface area contributed by atoms with E-state index in [9.17, 15) is 14.7 Å². The number of carboxylic acids is 1. The van der Waals surface area contributed by atoms with Gasteiger partial charge in [0.05, 0.1) is 21.1 Å². The summed E-state index contributed by atoms with van der Waals surface area (Å²) < 4.78 is 1.10. The highest BCUT2D eigenvalue weighted by Gasteiger charge is 2.34. The average Bonchev–Trinajstić information content (AvgIpc) is 3.08. The highest BCUT2D eigenvalue weighted by molar-refractivity contribution is 7.18. The summed E-state index contributed by atoms with van der Waals surface area (Å²) in [4.78, 5) is 28.9. The molecule has 3 atom stereocenters. The molecule has 1 aliphatic carbocycles. The summed E-state index contributed by atoms with van der Waals surface area (Å²) in [5.74, 6) is -1.55. The number of nitrogens with zero attached hydrogens (tertiary/aromatic N) is 1. The van der Waals surface area contributed by atoms with E-state index in [4.69, 9.17) is 4.98 Å². The minimum atomic E-state index is -1.01. The number of carboxylic acid groups (broad SMARTS) is 1. The van der Waals surface area contributed by atoms with Crippen LogP contribution in [0.2, 0.25) is 0 Å². The summed E-state index contributed by atoms with van der Waals surface area (Å²) in [5, 5.41) is 13.0. The van der Waals surface area contributed by atoms with Gasteiger partial charge in [0.15, 0.2) is 0 Å². The van der Waals surface area contributed by atoms with Gasteiger partial charge in [0, 0.05) is 5.92 Å². The topological polar surface area (TPSA) is 79.3 Å². The number of thiazole rings is 1. The predicted molar refractivity (Wildman–Crippen MR) is 103 cm³/mol. The van der Waals surface area contributed by atoms with Gasteiger partial charge in [-0.05, 0) is 37.8 Å². The number of allylic oxidation sites excluding steroid dienone is 3. The maximum Gasteiger partial charge on any atom is 0.326 e. The molecular weight excluding hydrogens is 348 g/mol. The Kier molecular flexibility index (Phi) is 5.83. The van der Waals surface area contributed by atoms with Gasteiger partial charge < -0.3 is 10.4 Å². The largest absolute Gasteiger partial charge is 0.480 e. The number of hydrogen-bond acceptors (Lipinski definition) is 4. The Morgan fingerprint density at radius 1 is 1.35 bits per heavy atom. The van der Waals surface area contributed by atoms with Gasteiger partial charge in [0.25, 0.3) is 0 Å². The van der Waals surface area contributed by atoms with Crippen molar-refractivity contribution in [1.29, 1.82) is 0 Å². The monoisotopic (exact) mass is 370 g/mol. The molecule has 0 fully saturated rings. The Bertz CT molecular complexity index is 809. The average molecular weight is 370 g/mol. The van der Waals surface area contributed by atoms with Crippen molar-refractivity contribution in [2.45, 2.75) is 37.6 Å². The lowest BCUT2D eigenvalue weighted by Gasteiger charge is -2.27. The maximum absolute atomic E-state index is 12.8. The number of carbonyl (C=O) groups is 2. The Hall–Kier alpha value is -2.47. The van der Waals surface area contributed by atoms with Crippen molar-refractivity contribution in [3.63, 3.8) is 0 Å². The number of para-hydroxylation sites is 1. The number of nitrogens with one attached hydrogen (secondary N) is 1. The molecule has 3 unspecified atom stereocenters. The van der Waals surface area contributed by atoms with Crippen molar-refractivity contribution in [3.05, 3.63) is 54.1 Å². The Morgan fingerprint density at radius 2 is 2.12 bits per heavy atom. The second-order valence-corrected chi connectivity index (χ2v) is 7.50. The van der Waals surface area contributed by atoms with Gasteiger partial charge in [0.2, 0.25) is 5.91 Å². The van der Waals surface area contributed by atoms with Crippen LogP contribution in [0.4, 0.5) is 0 Å². The van der Waals surface area contributed by atoms with Crippen molar-refractivity contribution in [2.24, 2.45) is 5.92 Å². The standard InChI is InChI=1S/C20H22N2O3S/c1-2-3-10-16(20(24)25)21-18(23)13-8-4-5-9-14(13)19-22-15-11-6-7-12-17(15)26-19/h2,4-7,11-14,16H,1,3,8-10H2,(H,21,23)(H,24,25). The first-order chi connectivity index (χ1) is 12.6. The molecular formula is C20H22N2O3S. The molecule has 0 bridgehead atoms. The Labute approximate surface area is 156 Å². The van der Waals surface area contributed by atoms with E-state index in [2.05, 4.69) is 18.0 Å². The fourth-order valence-corrected chi connectivity index (χ4v) is 4.39.